The van der Waals surface area contributed by atoms with Crippen LogP contribution < -0.4 is 20.1 Å². The largest absolute Gasteiger partial charge is 0.493 e. The number of anilines is 1. The second kappa shape index (κ2) is 12.3. The van der Waals surface area contributed by atoms with E-state index in [0.717, 1.165) is 22.9 Å². The van der Waals surface area contributed by atoms with Gasteiger partial charge < -0.3 is 20.1 Å². The third kappa shape index (κ3) is 6.85. The summed E-state index contributed by atoms with van der Waals surface area (Å²) in [7, 11) is 1.54. The Morgan fingerprint density at radius 2 is 1.95 bits per heavy atom. The van der Waals surface area contributed by atoms with Crippen LogP contribution in [0.4, 0.5) is 5.69 Å². The Balaban J connectivity index is 1.50. The zero-order valence-electron chi connectivity index (χ0n) is 20.0. The monoisotopic (exact) mass is 533 g/mol. The molecular formula is C28H24ClN3O4S. The number of benzene rings is 3. The lowest BCUT2D eigenvalue weighted by Crippen LogP contribution is -2.31. The molecule has 1 aliphatic heterocycles. The van der Waals surface area contributed by atoms with Crippen LogP contribution in [0.3, 0.4) is 0 Å². The van der Waals surface area contributed by atoms with E-state index < -0.39 is 5.92 Å². The van der Waals surface area contributed by atoms with Crippen molar-refractivity contribution in [3.8, 4) is 17.6 Å². The van der Waals surface area contributed by atoms with E-state index in [0.29, 0.717) is 39.4 Å². The van der Waals surface area contributed by atoms with Crippen LogP contribution in [0.2, 0.25) is 5.02 Å². The second-order valence-electron chi connectivity index (χ2n) is 8.19. The predicted octanol–water partition coefficient (Wildman–Crippen LogP) is 5.64. The van der Waals surface area contributed by atoms with E-state index in [-0.39, 0.29) is 24.0 Å². The van der Waals surface area contributed by atoms with Crippen LogP contribution in [0.25, 0.3) is 0 Å². The van der Waals surface area contributed by atoms with Crippen LogP contribution in [-0.4, -0.2) is 24.7 Å². The zero-order chi connectivity index (χ0) is 26.2. The van der Waals surface area contributed by atoms with E-state index in [2.05, 4.69) is 16.7 Å². The summed E-state index contributed by atoms with van der Waals surface area (Å²) in [5.41, 5.74) is 2.73. The minimum Gasteiger partial charge on any atom is -0.493 e. The Hall–Kier alpha value is -3.93. The molecule has 1 unspecified atom stereocenters. The smallest absolute Gasteiger partial charge is 0.234 e. The number of nitrogens with zero attached hydrogens (tertiary/aromatic N) is 1. The number of ether oxygens (including phenoxy) is 2. The van der Waals surface area contributed by atoms with Crippen molar-refractivity contribution >= 4 is 40.9 Å². The van der Waals surface area contributed by atoms with Crippen molar-refractivity contribution in [2.45, 2.75) is 18.9 Å². The molecule has 0 saturated heterocycles. The van der Waals surface area contributed by atoms with Crippen molar-refractivity contribution in [1.82, 2.24) is 5.32 Å². The third-order valence-corrected chi connectivity index (χ3v) is 6.89. The quantitative estimate of drug-likeness (QED) is 0.369. The van der Waals surface area contributed by atoms with Gasteiger partial charge in [-0.25, -0.2) is 0 Å². The van der Waals surface area contributed by atoms with Crippen LogP contribution in [-0.2, 0) is 16.2 Å². The zero-order valence-corrected chi connectivity index (χ0v) is 21.6. The summed E-state index contributed by atoms with van der Waals surface area (Å²) in [4.78, 5) is 25.0. The van der Waals surface area contributed by atoms with Crippen LogP contribution in [0, 0.1) is 11.3 Å². The van der Waals surface area contributed by atoms with Gasteiger partial charge in [-0.2, -0.15) is 5.26 Å². The Morgan fingerprint density at radius 3 is 2.68 bits per heavy atom. The van der Waals surface area contributed by atoms with Crippen molar-refractivity contribution in [2.75, 3.05) is 18.2 Å². The molecule has 0 saturated carbocycles. The molecule has 1 atom stereocenters. The molecule has 0 bridgehead atoms. The van der Waals surface area contributed by atoms with Gasteiger partial charge in [-0.3, -0.25) is 9.59 Å². The van der Waals surface area contributed by atoms with Gasteiger partial charge in [-0.05, 0) is 41.5 Å². The van der Waals surface area contributed by atoms with Gasteiger partial charge in [-0.15, -0.1) is 0 Å². The number of methoxy groups -OCH3 is 1. The minimum absolute atomic E-state index is 0.00954. The Morgan fingerprint density at radius 1 is 1.14 bits per heavy atom. The summed E-state index contributed by atoms with van der Waals surface area (Å²) in [6, 6.07) is 24.2. The molecule has 3 aromatic rings. The normalized spacial score (nSPS) is 14.9. The number of allylic oxidation sites excluding steroid dienone is 1. The molecular weight excluding hydrogens is 510 g/mol. The summed E-state index contributed by atoms with van der Waals surface area (Å²) in [6.07, 6.45) is 0.106. The maximum atomic E-state index is 12.5. The van der Waals surface area contributed by atoms with Gasteiger partial charge in [0.25, 0.3) is 0 Å². The van der Waals surface area contributed by atoms with E-state index in [1.165, 1.54) is 0 Å². The lowest BCUT2D eigenvalue weighted by molar-refractivity contribution is -0.121. The number of amides is 2. The summed E-state index contributed by atoms with van der Waals surface area (Å²) in [5, 5.41) is 16.3. The first kappa shape index (κ1) is 26.1. The number of nitriles is 1. The molecule has 0 fully saturated rings. The highest BCUT2D eigenvalue weighted by Gasteiger charge is 2.30. The predicted molar refractivity (Wildman–Crippen MR) is 144 cm³/mol. The number of hydrogen-bond donors (Lipinski definition) is 2. The van der Waals surface area contributed by atoms with Crippen molar-refractivity contribution in [3.63, 3.8) is 0 Å². The molecule has 7 nitrogen and oxygen atoms in total. The minimum atomic E-state index is -0.477. The molecule has 4 rings (SSSR count). The van der Waals surface area contributed by atoms with Gasteiger partial charge in [0.15, 0.2) is 11.5 Å². The number of carbonyl (C=O) groups is 2. The Bertz CT molecular complexity index is 1370. The van der Waals surface area contributed by atoms with E-state index in [1.54, 1.807) is 43.5 Å². The van der Waals surface area contributed by atoms with Gasteiger partial charge in [0, 0.05) is 23.0 Å². The SMILES string of the molecule is COc1cc(C2CC(=O)NC(SCC(=O)Nc3cccc(Cl)c3)=C2C#N)ccc1OCc1ccccc1. The van der Waals surface area contributed by atoms with E-state index >= 15 is 0 Å². The molecule has 1 aliphatic rings. The van der Waals surface area contributed by atoms with Crippen LogP contribution in [0.5, 0.6) is 11.5 Å². The first-order chi connectivity index (χ1) is 18.0. The molecule has 2 amide bonds. The molecule has 0 spiro atoms. The first-order valence-corrected chi connectivity index (χ1v) is 12.8. The number of nitrogens with one attached hydrogen (secondary N) is 2. The molecule has 188 valence electrons. The first-order valence-electron chi connectivity index (χ1n) is 11.4. The third-order valence-electron chi connectivity index (χ3n) is 5.64. The van der Waals surface area contributed by atoms with Crippen molar-refractivity contribution < 1.29 is 19.1 Å². The second-order valence-corrected chi connectivity index (χ2v) is 9.61. The summed E-state index contributed by atoms with van der Waals surface area (Å²) in [6.45, 7) is 0.379. The number of hydrogen-bond acceptors (Lipinski definition) is 6. The van der Waals surface area contributed by atoms with Crippen LogP contribution >= 0.6 is 23.4 Å². The number of rotatable bonds is 9. The standard InChI is InChI=1S/C28H24ClN3O4S/c1-35-25-12-19(10-11-24(25)36-16-18-6-3-2-4-7-18)22-14-26(33)32-28(23(22)15-30)37-17-27(34)31-21-9-5-8-20(29)13-21/h2-13,22H,14,16-17H2,1H3,(H,31,34)(H,32,33). The van der Waals surface area contributed by atoms with Gasteiger partial charge in [-0.1, -0.05) is 65.8 Å². The van der Waals surface area contributed by atoms with E-state index in [4.69, 9.17) is 21.1 Å². The van der Waals surface area contributed by atoms with Crippen molar-refractivity contribution in [2.24, 2.45) is 0 Å². The average Bonchev–Trinajstić information content (AvgIpc) is 2.91. The lowest BCUT2D eigenvalue weighted by atomic mass is 9.87. The molecule has 3 aromatic carbocycles. The van der Waals surface area contributed by atoms with E-state index in [1.807, 2.05) is 36.4 Å². The summed E-state index contributed by atoms with van der Waals surface area (Å²) < 4.78 is 11.5. The molecule has 2 N–H and O–H groups in total. The fourth-order valence-electron chi connectivity index (χ4n) is 3.87. The Labute approximate surface area is 224 Å². The van der Waals surface area contributed by atoms with E-state index in [9.17, 15) is 14.9 Å². The number of carbonyl (C=O) groups excluding carboxylic acids is 2. The summed E-state index contributed by atoms with van der Waals surface area (Å²) >= 11 is 7.07. The van der Waals surface area contributed by atoms with Gasteiger partial charge in [0.1, 0.15) is 6.61 Å². The highest BCUT2D eigenvalue weighted by molar-refractivity contribution is 8.03. The molecule has 1 heterocycles. The molecule has 0 aromatic heterocycles. The molecule has 37 heavy (non-hydrogen) atoms. The molecule has 0 aliphatic carbocycles. The maximum Gasteiger partial charge on any atom is 0.234 e. The highest BCUT2D eigenvalue weighted by Crippen LogP contribution is 2.39. The number of thioether (sulfide) groups is 1. The van der Waals surface area contributed by atoms with Gasteiger partial charge in [0.2, 0.25) is 11.8 Å². The van der Waals surface area contributed by atoms with Crippen LogP contribution in [0.1, 0.15) is 23.5 Å². The van der Waals surface area contributed by atoms with Crippen molar-refractivity contribution in [3.05, 3.63) is 99.5 Å². The van der Waals surface area contributed by atoms with Crippen molar-refractivity contribution in [1.29, 1.82) is 5.26 Å². The summed E-state index contributed by atoms with van der Waals surface area (Å²) in [5.74, 6) is 0.0849. The van der Waals surface area contributed by atoms with Crippen LogP contribution in [0.15, 0.2) is 83.4 Å². The van der Waals surface area contributed by atoms with Gasteiger partial charge in [0.05, 0.1) is 29.5 Å². The lowest BCUT2D eigenvalue weighted by Gasteiger charge is -2.25. The average molecular weight is 534 g/mol. The topological polar surface area (TPSA) is 100 Å². The highest BCUT2D eigenvalue weighted by atomic mass is 35.5. The fourth-order valence-corrected chi connectivity index (χ4v) is 4.94. The molecule has 9 heteroatoms. The maximum absolute atomic E-state index is 12.5. The Kier molecular flexibility index (Phi) is 8.72. The molecule has 0 radical (unpaired) electrons. The van der Waals surface area contributed by atoms with Gasteiger partial charge >= 0.3 is 0 Å². The fraction of sp³-hybridized carbons (Fsp3) is 0.179. The number of halogens is 1.